The molecule has 0 aliphatic carbocycles. The molecule has 4 nitrogen and oxygen atoms in total. The van der Waals surface area contributed by atoms with Gasteiger partial charge in [0.1, 0.15) is 5.82 Å². The molecule has 0 bridgehead atoms. The van der Waals surface area contributed by atoms with Gasteiger partial charge in [0.2, 0.25) is 0 Å². The van der Waals surface area contributed by atoms with Crippen molar-refractivity contribution in [2.45, 2.75) is 31.6 Å². The predicted molar refractivity (Wildman–Crippen MR) is 85.7 cm³/mol. The van der Waals surface area contributed by atoms with Crippen LogP contribution in [0.3, 0.4) is 0 Å². The summed E-state index contributed by atoms with van der Waals surface area (Å²) in [4.78, 5) is 7.00. The van der Waals surface area contributed by atoms with Gasteiger partial charge in [-0.15, -0.1) is 0 Å². The van der Waals surface area contributed by atoms with Crippen LogP contribution in [-0.4, -0.2) is 49.8 Å². The molecule has 21 heavy (non-hydrogen) atoms. The van der Waals surface area contributed by atoms with E-state index < -0.39 is 0 Å². The van der Waals surface area contributed by atoms with Crippen LogP contribution < -0.4 is 5.32 Å². The maximum atomic E-state index is 5.47. The van der Waals surface area contributed by atoms with Crippen molar-refractivity contribution >= 4 is 5.82 Å². The van der Waals surface area contributed by atoms with Gasteiger partial charge < -0.3 is 15.0 Å². The lowest BCUT2D eigenvalue weighted by atomic mass is 9.90. The molecule has 1 atom stereocenters. The summed E-state index contributed by atoms with van der Waals surface area (Å²) in [6.45, 7) is 5.63. The highest BCUT2D eigenvalue weighted by Crippen LogP contribution is 2.29. The lowest BCUT2D eigenvalue weighted by Crippen LogP contribution is -2.39. The largest absolute Gasteiger partial charge is 0.381 e. The fourth-order valence-electron chi connectivity index (χ4n) is 3.63. The summed E-state index contributed by atoms with van der Waals surface area (Å²) >= 11 is 0. The topological polar surface area (TPSA) is 37.4 Å². The Hall–Kier alpha value is -1.13. The van der Waals surface area contributed by atoms with Crippen molar-refractivity contribution in [1.29, 1.82) is 0 Å². The Morgan fingerprint density at radius 2 is 2.19 bits per heavy atom. The van der Waals surface area contributed by atoms with Crippen molar-refractivity contribution in [3.05, 3.63) is 23.9 Å². The van der Waals surface area contributed by atoms with Crippen molar-refractivity contribution in [3.63, 3.8) is 0 Å². The Bertz CT molecular complexity index is 445. The molecule has 3 heterocycles. The minimum Gasteiger partial charge on any atom is -0.381 e. The molecule has 1 N–H and O–H groups in total. The standard InChI is InChI=1S/C17H27N3O/c1-18-17-11-15(4-7-19-17)16-3-2-8-20(13-16)12-14-5-9-21-10-6-14/h4,7,11,14,16H,2-3,5-6,8-10,12-13H2,1H3,(H,18,19)/t16-/m0/s1. The fourth-order valence-corrected chi connectivity index (χ4v) is 3.63. The number of hydrogen-bond acceptors (Lipinski definition) is 4. The number of piperidine rings is 1. The first-order valence-corrected chi connectivity index (χ1v) is 8.29. The molecule has 4 heteroatoms. The average molecular weight is 289 g/mol. The molecule has 1 aromatic rings. The molecule has 0 saturated carbocycles. The molecule has 2 aliphatic rings. The Balaban J connectivity index is 1.59. The van der Waals surface area contributed by atoms with Crippen molar-refractivity contribution < 1.29 is 4.74 Å². The van der Waals surface area contributed by atoms with Gasteiger partial charge in [-0.2, -0.15) is 0 Å². The molecule has 2 fully saturated rings. The van der Waals surface area contributed by atoms with Gasteiger partial charge in [-0.25, -0.2) is 4.98 Å². The average Bonchev–Trinajstić information content (AvgIpc) is 2.56. The highest BCUT2D eigenvalue weighted by atomic mass is 16.5. The van der Waals surface area contributed by atoms with E-state index in [2.05, 4.69) is 27.3 Å². The van der Waals surface area contributed by atoms with E-state index in [4.69, 9.17) is 4.74 Å². The number of likely N-dealkylation sites (tertiary alicyclic amines) is 1. The van der Waals surface area contributed by atoms with Crippen LogP contribution in [-0.2, 0) is 4.74 Å². The van der Waals surface area contributed by atoms with Crippen LogP contribution in [0.15, 0.2) is 18.3 Å². The molecular weight excluding hydrogens is 262 g/mol. The number of hydrogen-bond donors (Lipinski definition) is 1. The predicted octanol–water partition coefficient (Wildman–Crippen LogP) is 2.73. The molecule has 0 spiro atoms. The third-order valence-corrected chi connectivity index (χ3v) is 4.87. The molecule has 0 radical (unpaired) electrons. The maximum Gasteiger partial charge on any atom is 0.125 e. The van der Waals surface area contributed by atoms with Crippen LogP contribution in [0, 0.1) is 5.92 Å². The second-order valence-corrected chi connectivity index (χ2v) is 6.38. The van der Waals surface area contributed by atoms with E-state index in [-0.39, 0.29) is 0 Å². The Morgan fingerprint density at radius 1 is 1.33 bits per heavy atom. The van der Waals surface area contributed by atoms with Crippen LogP contribution in [0.1, 0.15) is 37.2 Å². The van der Waals surface area contributed by atoms with E-state index in [1.54, 1.807) is 0 Å². The van der Waals surface area contributed by atoms with Gasteiger partial charge in [-0.1, -0.05) is 0 Å². The highest BCUT2D eigenvalue weighted by Gasteiger charge is 2.24. The molecule has 0 aromatic carbocycles. The van der Waals surface area contributed by atoms with Crippen molar-refractivity contribution in [2.75, 3.05) is 45.2 Å². The number of anilines is 1. The summed E-state index contributed by atoms with van der Waals surface area (Å²) < 4.78 is 5.47. The summed E-state index contributed by atoms with van der Waals surface area (Å²) in [5.41, 5.74) is 1.44. The van der Waals surface area contributed by atoms with Gasteiger partial charge in [-0.05, 0) is 61.8 Å². The van der Waals surface area contributed by atoms with E-state index in [0.29, 0.717) is 5.92 Å². The zero-order chi connectivity index (χ0) is 14.5. The smallest absolute Gasteiger partial charge is 0.125 e. The van der Waals surface area contributed by atoms with Gasteiger partial charge >= 0.3 is 0 Å². The van der Waals surface area contributed by atoms with E-state index in [9.17, 15) is 0 Å². The minimum absolute atomic E-state index is 0.661. The number of rotatable bonds is 4. The molecule has 1 aromatic heterocycles. The molecular formula is C17H27N3O. The molecule has 2 saturated heterocycles. The van der Waals surface area contributed by atoms with E-state index in [1.165, 1.54) is 50.9 Å². The zero-order valence-electron chi connectivity index (χ0n) is 13.1. The van der Waals surface area contributed by atoms with Crippen LogP contribution in [0.25, 0.3) is 0 Å². The number of pyridine rings is 1. The summed E-state index contributed by atoms with van der Waals surface area (Å²) in [6.07, 6.45) is 7.02. The number of ether oxygens (including phenoxy) is 1. The summed E-state index contributed by atoms with van der Waals surface area (Å²) in [7, 11) is 1.93. The number of aromatic nitrogens is 1. The molecule has 3 rings (SSSR count). The lowest BCUT2D eigenvalue weighted by Gasteiger charge is -2.36. The third-order valence-electron chi connectivity index (χ3n) is 4.87. The van der Waals surface area contributed by atoms with Gasteiger partial charge in [-0.3, -0.25) is 0 Å². The monoisotopic (exact) mass is 289 g/mol. The number of nitrogens with one attached hydrogen (secondary N) is 1. The van der Waals surface area contributed by atoms with Crippen molar-refractivity contribution in [2.24, 2.45) is 5.92 Å². The first kappa shape index (κ1) is 14.8. The second-order valence-electron chi connectivity index (χ2n) is 6.38. The lowest BCUT2D eigenvalue weighted by molar-refractivity contribution is 0.0483. The van der Waals surface area contributed by atoms with Crippen molar-refractivity contribution in [3.8, 4) is 0 Å². The van der Waals surface area contributed by atoms with Gasteiger partial charge in [0.25, 0.3) is 0 Å². The zero-order valence-corrected chi connectivity index (χ0v) is 13.1. The number of nitrogens with zero attached hydrogens (tertiary/aromatic N) is 2. The van der Waals surface area contributed by atoms with E-state index in [0.717, 1.165) is 24.9 Å². The minimum atomic E-state index is 0.661. The third kappa shape index (κ3) is 3.95. The molecule has 0 amide bonds. The van der Waals surface area contributed by atoms with E-state index in [1.807, 2.05) is 13.2 Å². The van der Waals surface area contributed by atoms with Crippen LogP contribution in [0.4, 0.5) is 5.82 Å². The maximum absolute atomic E-state index is 5.47. The fraction of sp³-hybridized carbons (Fsp3) is 0.706. The molecule has 0 unspecified atom stereocenters. The van der Waals surface area contributed by atoms with E-state index >= 15 is 0 Å². The van der Waals surface area contributed by atoms with Gasteiger partial charge in [0.05, 0.1) is 0 Å². The van der Waals surface area contributed by atoms with Crippen LogP contribution in [0.5, 0.6) is 0 Å². The summed E-state index contributed by atoms with van der Waals surface area (Å²) in [6, 6.07) is 4.39. The van der Waals surface area contributed by atoms with Crippen molar-refractivity contribution in [1.82, 2.24) is 9.88 Å². The SMILES string of the molecule is CNc1cc([C@H]2CCCN(CC3CCOCC3)C2)ccn1. The molecule has 116 valence electrons. The second kappa shape index (κ2) is 7.23. The Labute approximate surface area is 127 Å². The quantitative estimate of drug-likeness (QED) is 0.925. The Morgan fingerprint density at radius 3 is 3.00 bits per heavy atom. The first-order valence-electron chi connectivity index (χ1n) is 8.29. The normalized spacial score (nSPS) is 24.9. The van der Waals surface area contributed by atoms with Gasteiger partial charge in [0.15, 0.2) is 0 Å². The first-order chi connectivity index (χ1) is 10.3. The highest BCUT2D eigenvalue weighted by molar-refractivity contribution is 5.38. The Kier molecular flexibility index (Phi) is 5.09. The summed E-state index contributed by atoms with van der Waals surface area (Å²) in [5.74, 6) is 2.48. The van der Waals surface area contributed by atoms with Crippen LogP contribution in [0.2, 0.25) is 0 Å². The summed E-state index contributed by atoms with van der Waals surface area (Å²) in [5, 5.41) is 3.14. The van der Waals surface area contributed by atoms with Gasteiger partial charge in [0, 0.05) is 39.5 Å². The van der Waals surface area contributed by atoms with Crippen LogP contribution >= 0.6 is 0 Å². The molecule has 2 aliphatic heterocycles.